The fraction of sp³-hybridized carbons (Fsp3) is 0.176. The van der Waals surface area contributed by atoms with Crippen LogP contribution >= 0.6 is 0 Å². The van der Waals surface area contributed by atoms with Gasteiger partial charge in [0.05, 0.1) is 5.56 Å². The SMILES string of the molecule is Cc1cccc(NC(=O)CC(=O)Nc2ccc(C(F)(F)F)cc2)c1. The van der Waals surface area contributed by atoms with E-state index in [-0.39, 0.29) is 5.69 Å². The molecule has 4 nitrogen and oxygen atoms in total. The lowest BCUT2D eigenvalue weighted by atomic mass is 10.2. The zero-order valence-corrected chi connectivity index (χ0v) is 12.8. The van der Waals surface area contributed by atoms with Gasteiger partial charge < -0.3 is 10.6 Å². The van der Waals surface area contributed by atoms with Crippen molar-refractivity contribution in [3.8, 4) is 0 Å². The number of aryl methyl sites for hydroxylation is 1. The van der Waals surface area contributed by atoms with Crippen molar-refractivity contribution in [3.63, 3.8) is 0 Å². The summed E-state index contributed by atoms with van der Waals surface area (Å²) < 4.78 is 37.3. The summed E-state index contributed by atoms with van der Waals surface area (Å²) in [5, 5.41) is 4.96. The highest BCUT2D eigenvalue weighted by Gasteiger charge is 2.30. The molecule has 126 valence electrons. The van der Waals surface area contributed by atoms with Crippen LogP contribution in [0.25, 0.3) is 0 Å². The molecule has 0 aliphatic carbocycles. The lowest BCUT2D eigenvalue weighted by Crippen LogP contribution is -2.21. The Balaban J connectivity index is 1.89. The molecule has 0 atom stereocenters. The van der Waals surface area contributed by atoms with E-state index in [0.717, 1.165) is 29.8 Å². The molecule has 0 fully saturated rings. The second-order valence-electron chi connectivity index (χ2n) is 5.22. The van der Waals surface area contributed by atoms with Gasteiger partial charge in [-0.15, -0.1) is 0 Å². The second kappa shape index (κ2) is 7.16. The van der Waals surface area contributed by atoms with Crippen LogP contribution in [0, 0.1) is 6.92 Å². The average molecular weight is 336 g/mol. The maximum Gasteiger partial charge on any atom is 0.416 e. The van der Waals surface area contributed by atoms with E-state index in [1.54, 1.807) is 18.2 Å². The topological polar surface area (TPSA) is 58.2 Å². The summed E-state index contributed by atoms with van der Waals surface area (Å²) in [6.07, 6.45) is -4.87. The standard InChI is InChI=1S/C17H15F3N2O2/c1-11-3-2-4-14(9-11)22-16(24)10-15(23)21-13-7-5-12(6-8-13)17(18,19)20/h2-9H,10H2,1H3,(H,21,23)(H,22,24). The molecule has 2 N–H and O–H groups in total. The molecule has 0 unspecified atom stereocenters. The maximum absolute atomic E-state index is 12.4. The molecule has 0 saturated carbocycles. The highest BCUT2D eigenvalue weighted by Crippen LogP contribution is 2.29. The summed E-state index contributed by atoms with van der Waals surface area (Å²) in [7, 11) is 0. The van der Waals surface area contributed by atoms with Crippen LogP contribution in [0.1, 0.15) is 17.5 Å². The van der Waals surface area contributed by atoms with Gasteiger partial charge in [-0.2, -0.15) is 13.2 Å². The molecule has 2 rings (SSSR count). The van der Waals surface area contributed by atoms with Crippen LogP contribution in [0.5, 0.6) is 0 Å². The second-order valence-corrected chi connectivity index (χ2v) is 5.22. The Hall–Kier alpha value is -2.83. The molecule has 0 spiro atoms. The molecular formula is C17H15F3N2O2. The van der Waals surface area contributed by atoms with Crippen LogP contribution in [-0.4, -0.2) is 11.8 Å². The number of anilines is 2. The van der Waals surface area contributed by atoms with Crippen LogP contribution in [-0.2, 0) is 15.8 Å². The predicted octanol–water partition coefficient (Wildman–Crippen LogP) is 3.98. The Bertz CT molecular complexity index is 740. The van der Waals surface area contributed by atoms with E-state index in [9.17, 15) is 22.8 Å². The van der Waals surface area contributed by atoms with Crippen molar-refractivity contribution < 1.29 is 22.8 Å². The highest BCUT2D eigenvalue weighted by molar-refractivity contribution is 6.08. The first-order valence-electron chi connectivity index (χ1n) is 7.08. The molecule has 0 aliphatic heterocycles. The van der Waals surface area contributed by atoms with E-state index < -0.39 is 30.0 Å². The third kappa shape index (κ3) is 5.12. The minimum absolute atomic E-state index is 0.191. The fourth-order valence-corrected chi connectivity index (χ4v) is 2.02. The first-order valence-corrected chi connectivity index (χ1v) is 7.08. The van der Waals surface area contributed by atoms with E-state index in [0.29, 0.717) is 5.69 Å². The van der Waals surface area contributed by atoms with E-state index in [4.69, 9.17) is 0 Å². The highest BCUT2D eigenvalue weighted by atomic mass is 19.4. The molecule has 0 bridgehead atoms. The van der Waals surface area contributed by atoms with Crippen LogP contribution < -0.4 is 10.6 Å². The van der Waals surface area contributed by atoms with Gasteiger partial charge in [0.25, 0.3) is 0 Å². The molecule has 2 aromatic carbocycles. The van der Waals surface area contributed by atoms with Crippen LogP contribution in [0.4, 0.5) is 24.5 Å². The number of amides is 2. The lowest BCUT2D eigenvalue weighted by Gasteiger charge is -2.09. The van der Waals surface area contributed by atoms with Crippen molar-refractivity contribution in [2.45, 2.75) is 19.5 Å². The zero-order valence-electron chi connectivity index (χ0n) is 12.8. The monoisotopic (exact) mass is 336 g/mol. The van der Waals surface area contributed by atoms with Gasteiger partial charge in [-0.25, -0.2) is 0 Å². The number of nitrogens with one attached hydrogen (secondary N) is 2. The number of benzene rings is 2. The maximum atomic E-state index is 12.4. The third-order valence-corrected chi connectivity index (χ3v) is 3.12. The summed E-state index contributed by atoms with van der Waals surface area (Å²) in [6.45, 7) is 1.87. The Labute approximate surface area is 136 Å². The number of halogens is 3. The van der Waals surface area contributed by atoms with Crippen molar-refractivity contribution in [1.82, 2.24) is 0 Å². The summed E-state index contributed by atoms with van der Waals surface area (Å²) in [5.41, 5.74) is 0.915. The largest absolute Gasteiger partial charge is 0.416 e. The average Bonchev–Trinajstić information content (AvgIpc) is 2.46. The van der Waals surface area contributed by atoms with Gasteiger partial charge in [-0.1, -0.05) is 12.1 Å². The molecule has 7 heteroatoms. The normalized spacial score (nSPS) is 11.0. The van der Waals surface area contributed by atoms with Crippen molar-refractivity contribution in [2.75, 3.05) is 10.6 Å². The quantitative estimate of drug-likeness (QED) is 0.830. The molecule has 0 aromatic heterocycles. The predicted molar refractivity (Wildman–Crippen MR) is 84.5 cm³/mol. The molecule has 0 aliphatic rings. The van der Waals surface area contributed by atoms with E-state index in [1.165, 1.54) is 0 Å². The molecule has 0 saturated heterocycles. The Morgan fingerprint density at radius 3 is 2.04 bits per heavy atom. The van der Waals surface area contributed by atoms with Gasteiger partial charge in [-0.3, -0.25) is 9.59 Å². The van der Waals surface area contributed by atoms with Gasteiger partial charge in [0, 0.05) is 11.4 Å². The molecule has 0 radical (unpaired) electrons. The van der Waals surface area contributed by atoms with Gasteiger partial charge in [-0.05, 0) is 48.9 Å². The van der Waals surface area contributed by atoms with E-state index >= 15 is 0 Å². The number of carbonyl (C=O) groups is 2. The van der Waals surface area contributed by atoms with Crippen molar-refractivity contribution in [1.29, 1.82) is 0 Å². The van der Waals surface area contributed by atoms with E-state index in [1.807, 2.05) is 13.0 Å². The van der Waals surface area contributed by atoms with Crippen molar-refractivity contribution >= 4 is 23.2 Å². The van der Waals surface area contributed by atoms with Crippen LogP contribution in [0.15, 0.2) is 48.5 Å². The number of carbonyl (C=O) groups excluding carboxylic acids is 2. The molecule has 0 heterocycles. The molecule has 24 heavy (non-hydrogen) atoms. The molecule has 2 amide bonds. The van der Waals surface area contributed by atoms with Gasteiger partial charge >= 0.3 is 6.18 Å². The summed E-state index contributed by atoms with van der Waals surface area (Å²) in [6, 6.07) is 11.1. The summed E-state index contributed by atoms with van der Waals surface area (Å²) >= 11 is 0. The first kappa shape index (κ1) is 17.5. The first-order chi connectivity index (χ1) is 11.2. The third-order valence-electron chi connectivity index (χ3n) is 3.12. The van der Waals surface area contributed by atoms with Crippen molar-refractivity contribution in [2.24, 2.45) is 0 Å². The van der Waals surface area contributed by atoms with Crippen LogP contribution in [0.2, 0.25) is 0 Å². The van der Waals surface area contributed by atoms with Crippen molar-refractivity contribution in [3.05, 3.63) is 59.7 Å². The summed E-state index contributed by atoms with van der Waals surface area (Å²) in [5.74, 6) is -1.12. The summed E-state index contributed by atoms with van der Waals surface area (Å²) in [4.78, 5) is 23.6. The Kier molecular flexibility index (Phi) is 5.23. The Morgan fingerprint density at radius 1 is 0.917 bits per heavy atom. The number of rotatable bonds is 4. The molecule has 2 aromatic rings. The minimum atomic E-state index is -4.43. The van der Waals surface area contributed by atoms with Gasteiger partial charge in [0.1, 0.15) is 6.42 Å². The van der Waals surface area contributed by atoms with Gasteiger partial charge in [0.2, 0.25) is 11.8 Å². The number of hydrogen-bond donors (Lipinski definition) is 2. The number of alkyl halides is 3. The number of hydrogen-bond acceptors (Lipinski definition) is 2. The van der Waals surface area contributed by atoms with Crippen LogP contribution in [0.3, 0.4) is 0 Å². The smallest absolute Gasteiger partial charge is 0.326 e. The zero-order chi connectivity index (χ0) is 17.7. The Morgan fingerprint density at radius 2 is 1.50 bits per heavy atom. The lowest BCUT2D eigenvalue weighted by molar-refractivity contribution is -0.137. The minimum Gasteiger partial charge on any atom is -0.326 e. The molecular weight excluding hydrogens is 321 g/mol. The fourth-order valence-electron chi connectivity index (χ4n) is 2.02. The van der Waals surface area contributed by atoms with E-state index in [2.05, 4.69) is 10.6 Å². The van der Waals surface area contributed by atoms with Gasteiger partial charge in [0.15, 0.2) is 0 Å².